The van der Waals surface area contributed by atoms with Crippen LogP contribution in [0.3, 0.4) is 0 Å². The van der Waals surface area contributed by atoms with E-state index >= 15 is 0 Å². The number of furan rings is 1. The molecule has 10 rings (SSSR count). The number of fused-ring (bicyclic) bond motifs is 6. The van der Waals surface area contributed by atoms with Crippen LogP contribution in [-0.4, -0.2) is 15.0 Å². The van der Waals surface area contributed by atoms with E-state index in [1.165, 1.54) is 9.40 Å². The summed E-state index contributed by atoms with van der Waals surface area (Å²) in [5, 5.41) is 4.54. The molecule has 3 aromatic heterocycles. The maximum atomic E-state index is 6.31. The van der Waals surface area contributed by atoms with Gasteiger partial charge in [-0.05, 0) is 48.5 Å². The van der Waals surface area contributed by atoms with Gasteiger partial charge >= 0.3 is 0 Å². The van der Waals surface area contributed by atoms with Crippen LogP contribution in [0.25, 0.3) is 76.3 Å². The Balaban J connectivity index is 1.14. The highest BCUT2D eigenvalue weighted by molar-refractivity contribution is 7.26. The van der Waals surface area contributed by atoms with Crippen molar-refractivity contribution in [1.82, 2.24) is 15.0 Å². The first-order valence-corrected chi connectivity index (χ1v) is 17.7. The van der Waals surface area contributed by atoms with E-state index < -0.39 is 0 Å². The van der Waals surface area contributed by atoms with Gasteiger partial charge in [-0.1, -0.05) is 115 Å². The molecule has 0 spiro atoms. The Morgan fingerprint density at radius 1 is 0.412 bits per heavy atom. The SMILES string of the molecule is c1ccc(-c2nc(-c3ccccc3)nc(-c3cccc4sc5cc(N(c6ccccc6)c6ccc7c(c6)oc6ccccc67)ccc5c34)n2)cc1. The molecule has 10 aromatic rings. The van der Waals surface area contributed by atoms with E-state index in [0.29, 0.717) is 17.5 Å². The number of hydrogen-bond acceptors (Lipinski definition) is 6. The van der Waals surface area contributed by atoms with E-state index in [1.54, 1.807) is 11.3 Å². The second-order valence-electron chi connectivity index (χ2n) is 12.4. The van der Waals surface area contributed by atoms with Crippen LogP contribution in [-0.2, 0) is 0 Å². The predicted octanol–water partition coefficient (Wildman–Crippen LogP) is 12.6. The molecule has 51 heavy (non-hydrogen) atoms. The molecule has 5 nitrogen and oxygen atoms in total. The maximum Gasteiger partial charge on any atom is 0.164 e. The van der Waals surface area contributed by atoms with Crippen LogP contribution < -0.4 is 4.90 Å². The fourth-order valence-electron chi connectivity index (χ4n) is 6.95. The molecule has 0 atom stereocenters. The molecule has 3 heterocycles. The molecule has 0 saturated heterocycles. The highest BCUT2D eigenvalue weighted by Crippen LogP contribution is 2.44. The molecule has 0 aliphatic heterocycles. The molecule has 0 amide bonds. The summed E-state index contributed by atoms with van der Waals surface area (Å²) in [6.07, 6.45) is 0. The first-order chi connectivity index (χ1) is 25.3. The zero-order chi connectivity index (χ0) is 33.7. The Morgan fingerprint density at radius 2 is 1.00 bits per heavy atom. The molecule has 0 N–H and O–H groups in total. The van der Waals surface area contributed by atoms with E-state index in [0.717, 1.165) is 66.5 Å². The van der Waals surface area contributed by atoms with Gasteiger partial charge in [0.15, 0.2) is 17.5 Å². The van der Waals surface area contributed by atoms with Gasteiger partial charge in [-0.25, -0.2) is 15.0 Å². The molecule has 0 radical (unpaired) electrons. The van der Waals surface area contributed by atoms with Gasteiger partial charge in [-0.3, -0.25) is 0 Å². The molecule has 240 valence electrons. The summed E-state index contributed by atoms with van der Waals surface area (Å²) in [6, 6.07) is 58.6. The number of para-hydroxylation sites is 2. The molecular weight excluding hydrogens is 645 g/mol. The lowest BCUT2D eigenvalue weighted by atomic mass is 10.0. The van der Waals surface area contributed by atoms with Crippen molar-refractivity contribution in [2.75, 3.05) is 4.90 Å². The van der Waals surface area contributed by atoms with Gasteiger partial charge in [-0.15, -0.1) is 11.3 Å². The van der Waals surface area contributed by atoms with Crippen LogP contribution in [0.1, 0.15) is 0 Å². The summed E-state index contributed by atoms with van der Waals surface area (Å²) in [7, 11) is 0. The first-order valence-electron chi connectivity index (χ1n) is 16.9. The fourth-order valence-corrected chi connectivity index (χ4v) is 8.11. The summed E-state index contributed by atoms with van der Waals surface area (Å²) in [5.41, 5.74) is 7.81. The number of rotatable bonds is 6. The lowest BCUT2D eigenvalue weighted by Crippen LogP contribution is -2.09. The number of aromatic nitrogens is 3. The van der Waals surface area contributed by atoms with Crippen LogP contribution in [0, 0.1) is 0 Å². The van der Waals surface area contributed by atoms with Gasteiger partial charge in [0, 0.05) is 70.8 Å². The average molecular weight is 673 g/mol. The van der Waals surface area contributed by atoms with Crippen LogP contribution in [0.15, 0.2) is 174 Å². The maximum absolute atomic E-state index is 6.31. The standard InChI is InChI=1S/C45H28N4OS/c1-4-13-29(14-5-1)43-46-44(30-15-6-2-7-16-30)48-45(47-43)37-20-12-22-40-42(37)36-26-24-33(28-41(36)51-40)49(31-17-8-3-9-18-31)32-23-25-35-34-19-10-11-21-38(34)50-39(35)27-32/h1-28H. The Labute approximate surface area is 297 Å². The van der Waals surface area contributed by atoms with Crippen molar-refractivity contribution in [2.24, 2.45) is 0 Å². The lowest BCUT2D eigenvalue weighted by Gasteiger charge is -2.25. The van der Waals surface area contributed by atoms with Gasteiger partial charge in [0.05, 0.1) is 0 Å². The molecule has 0 saturated carbocycles. The topological polar surface area (TPSA) is 55.1 Å². The summed E-state index contributed by atoms with van der Waals surface area (Å²) in [4.78, 5) is 17.3. The Morgan fingerprint density at radius 3 is 1.73 bits per heavy atom. The number of nitrogens with zero attached hydrogens (tertiary/aromatic N) is 4. The zero-order valence-corrected chi connectivity index (χ0v) is 28.1. The highest BCUT2D eigenvalue weighted by Gasteiger charge is 2.20. The predicted molar refractivity (Wildman–Crippen MR) is 211 cm³/mol. The van der Waals surface area contributed by atoms with Crippen LogP contribution in [0.4, 0.5) is 17.1 Å². The van der Waals surface area contributed by atoms with Crippen LogP contribution in [0.5, 0.6) is 0 Å². The van der Waals surface area contributed by atoms with Crippen molar-refractivity contribution in [1.29, 1.82) is 0 Å². The molecule has 6 heteroatoms. The van der Waals surface area contributed by atoms with Crippen molar-refractivity contribution in [3.8, 4) is 34.2 Å². The van der Waals surface area contributed by atoms with Crippen molar-refractivity contribution in [3.63, 3.8) is 0 Å². The van der Waals surface area contributed by atoms with Crippen LogP contribution >= 0.6 is 11.3 Å². The van der Waals surface area contributed by atoms with Crippen LogP contribution in [0.2, 0.25) is 0 Å². The monoisotopic (exact) mass is 672 g/mol. The van der Waals surface area contributed by atoms with Gasteiger partial charge in [-0.2, -0.15) is 0 Å². The van der Waals surface area contributed by atoms with Gasteiger partial charge < -0.3 is 9.32 Å². The van der Waals surface area contributed by atoms with Gasteiger partial charge in [0.25, 0.3) is 0 Å². The van der Waals surface area contributed by atoms with E-state index in [-0.39, 0.29) is 0 Å². The number of thiophene rings is 1. The van der Waals surface area contributed by atoms with Crippen molar-refractivity contribution >= 4 is 70.5 Å². The molecule has 0 aliphatic rings. The minimum atomic E-state index is 0.651. The largest absolute Gasteiger partial charge is 0.456 e. The average Bonchev–Trinajstić information content (AvgIpc) is 3.77. The second kappa shape index (κ2) is 12.1. The summed E-state index contributed by atoms with van der Waals surface area (Å²) in [5.74, 6) is 1.96. The molecule has 0 aliphatic carbocycles. The second-order valence-corrected chi connectivity index (χ2v) is 13.5. The fraction of sp³-hybridized carbons (Fsp3) is 0. The summed E-state index contributed by atoms with van der Waals surface area (Å²) < 4.78 is 8.67. The Bertz CT molecular complexity index is 2810. The normalized spacial score (nSPS) is 11.5. The van der Waals surface area contributed by atoms with E-state index in [4.69, 9.17) is 19.4 Å². The highest BCUT2D eigenvalue weighted by atomic mass is 32.1. The first kappa shape index (κ1) is 29.3. The third kappa shape index (κ3) is 5.12. The third-order valence-corrected chi connectivity index (χ3v) is 10.4. The van der Waals surface area contributed by atoms with E-state index in [1.807, 2.05) is 72.8 Å². The molecular formula is C45H28N4OS. The van der Waals surface area contributed by atoms with Crippen molar-refractivity contribution < 1.29 is 4.42 Å². The zero-order valence-electron chi connectivity index (χ0n) is 27.3. The molecule has 0 bridgehead atoms. The summed E-state index contributed by atoms with van der Waals surface area (Å²) in [6.45, 7) is 0. The Hall–Kier alpha value is -6.63. The van der Waals surface area contributed by atoms with E-state index in [2.05, 4.69) is 102 Å². The minimum absolute atomic E-state index is 0.651. The smallest absolute Gasteiger partial charge is 0.164 e. The van der Waals surface area contributed by atoms with Crippen molar-refractivity contribution in [3.05, 3.63) is 170 Å². The molecule has 0 fully saturated rings. The lowest BCUT2D eigenvalue weighted by molar-refractivity contribution is 0.669. The quantitative estimate of drug-likeness (QED) is 0.176. The number of hydrogen-bond donors (Lipinski definition) is 0. The van der Waals surface area contributed by atoms with Gasteiger partial charge in [0.1, 0.15) is 11.2 Å². The third-order valence-electron chi connectivity index (χ3n) is 9.31. The van der Waals surface area contributed by atoms with Gasteiger partial charge in [0.2, 0.25) is 0 Å². The minimum Gasteiger partial charge on any atom is -0.456 e. The summed E-state index contributed by atoms with van der Waals surface area (Å²) >= 11 is 1.78. The van der Waals surface area contributed by atoms with Crippen molar-refractivity contribution in [2.45, 2.75) is 0 Å². The number of benzene rings is 7. The molecule has 7 aromatic carbocycles. The Kier molecular flexibility index (Phi) is 6.93. The number of anilines is 3. The molecule has 0 unspecified atom stereocenters. The van der Waals surface area contributed by atoms with E-state index in [9.17, 15) is 0 Å².